The molecule has 1 N–H and O–H groups in total. The summed E-state index contributed by atoms with van der Waals surface area (Å²) in [6.45, 7) is 2.06. The molecule has 60 valence electrons. The van der Waals surface area contributed by atoms with E-state index in [4.69, 9.17) is 11.6 Å². The highest BCUT2D eigenvalue weighted by Crippen LogP contribution is 2.21. The fraction of sp³-hybridized carbons (Fsp3) is 0.375. The van der Waals surface area contributed by atoms with E-state index in [9.17, 15) is 0 Å². The van der Waals surface area contributed by atoms with Crippen molar-refractivity contribution >= 4 is 17.4 Å². The molecule has 0 fully saturated rings. The van der Waals surface area contributed by atoms with Crippen LogP contribution in [0.1, 0.15) is 12.5 Å². The minimum Gasteiger partial charge on any atom is -0.373 e. The molecule has 0 aliphatic heterocycles. The molecule has 0 atom stereocenters. The topological polar surface area (TPSA) is 24.9 Å². The molecule has 0 radical (unpaired) electrons. The average molecular weight is 171 g/mol. The van der Waals surface area contributed by atoms with Gasteiger partial charge in [-0.2, -0.15) is 0 Å². The van der Waals surface area contributed by atoms with Crippen molar-refractivity contribution in [1.82, 2.24) is 4.98 Å². The van der Waals surface area contributed by atoms with Crippen molar-refractivity contribution in [2.45, 2.75) is 13.3 Å². The molecule has 1 aromatic heterocycles. The highest BCUT2D eigenvalue weighted by atomic mass is 35.5. The number of pyridine rings is 1. The third-order valence-corrected chi connectivity index (χ3v) is 1.94. The minimum absolute atomic E-state index is 0.784. The number of hydrogen-bond donors (Lipinski definition) is 1. The molecule has 0 saturated heterocycles. The molecule has 0 amide bonds. The summed E-state index contributed by atoms with van der Waals surface area (Å²) < 4.78 is 0. The predicted molar refractivity (Wildman–Crippen MR) is 48.2 cm³/mol. The van der Waals surface area contributed by atoms with Crippen LogP contribution in [0.2, 0.25) is 5.02 Å². The molecule has 11 heavy (non-hydrogen) atoms. The Hall–Kier alpha value is -0.760. The highest BCUT2D eigenvalue weighted by molar-refractivity contribution is 6.31. The van der Waals surface area contributed by atoms with Gasteiger partial charge in [-0.15, -0.1) is 0 Å². The van der Waals surface area contributed by atoms with Gasteiger partial charge in [-0.3, -0.25) is 0 Å². The van der Waals surface area contributed by atoms with E-state index in [0.717, 1.165) is 22.8 Å². The maximum atomic E-state index is 5.93. The van der Waals surface area contributed by atoms with Gasteiger partial charge in [0.15, 0.2) is 0 Å². The first kappa shape index (κ1) is 8.34. The van der Waals surface area contributed by atoms with Crippen LogP contribution in [-0.4, -0.2) is 12.0 Å². The zero-order valence-corrected chi connectivity index (χ0v) is 7.44. The van der Waals surface area contributed by atoms with E-state index in [1.54, 1.807) is 12.3 Å². The Morgan fingerprint density at radius 3 is 2.82 bits per heavy atom. The molecule has 0 aliphatic carbocycles. The minimum atomic E-state index is 0.784. The molecule has 1 heterocycles. The van der Waals surface area contributed by atoms with Crippen molar-refractivity contribution in [2.75, 3.05) is 12.4 Å². The summed E-state index contributed by atoms with van der Waals surface area (Å²) in [4.78, 5) is 4.13. The molecule has 0 saturated carbocycles. The largest absolute Gasteiger partial charge is 0.373 e. The van der Waals surface area contributed by atoms with Crippen LogP contribution in [0.3, 0.4) is 0 Å². The summed E-state index contributed by atoms with van der Waals surface area (Å²) in [5.41, 5.74) is 1.08. The molecular weight excluding hydrogens is 160 g/mol. The first-order valence-electron chi connectivity index (χ1n) is 3.60. The van der Waals surface area contributed by atoms with Crippen LogP contribution in [0, 0.1) is 0 Å². The van der Waals surface area contributed by atoms with Gasteiger partial charge in [-0.05, 0) is 12.5 Å². The van der Waals surface area contributed by atoms with Gasteiger partial charge in [-0.1, -0.05) is 18.5 Å². The van der Waals surface area contributed by atoms with Crippen LogP contribution in [-0.2, 0) is 6.42 Å². The lowest BCUT2D eigenvalue weighted by Crippen LogP contribution is -1.97. The Kier molecular flexibility index (Phi) is 2.71. The molecule has 0 aliphatic rings. The molecule has 0 aromatic carbocycles. The lowest BCUT2D eigenvalue weighted by Gasteiger charge is -2.06. The van der Waals surface area contributed by atoms with Crippen LogP contribution < -0.4 is 5.32 Å². The zero-order chi connectivity index (χ0) is 8.27. The van der Waals surface area contributed by atoms with Gasteiger partial charge in [0.2, 0.25) is 0 Å². The molecular formula is C8H11ClN2. The Morgan fingerprint density at radius 2 is 2.36 bits per heavy atom. The van der Waals surface area contributed by atoms with Crippen molar-refractivity contribution in [3.8, 4) is 0 Å². The van der Waals surface area contributed by atoms with Crippen LogP contribution in [0.4, 0.5) is 5.82 Å². The molecule has 0 bridgehead atoms. The standard InChI is InChI=1S/C8H11ClN2/c1-3-6-7(9)4-5-11-8(6)10-2/h4-5H,3H2,1-2H3,(H,10,11). The Bertz CT molecular complexity index is 248. The van der Waals surface area contributed by atoms with Crippen LogP contribution >= 0.6 is 11.6 Å². The SMILES string of the molecule is CCc1c(Cl)ccnc1NC. The molecule has 1 rings (SSSR count). The summed E-state index contributed by atoms with van der Waals surface area (Å²) in [7, 11) is 1.85. The molecule has 2 nitrogen and oxygen atoms in total. The second-order valence-electron chi connectivity index (χ2n) is 2.22. The first-order valence-corrected chi connectivity index (χ1v) is 3.98. The maximum Gasteiger partial charge on any atom is 0.130 e. The second kappa shape index (κ2) is 3.58. The number of aromatic nitrogens is 1. The van der Waals surface area contributed by atoms with E-state index in [-0.39, 0.29) is 0 Å². The van der Waals surface area contributed by atoms with Crippen molar-refractivity contribution in [3.63, 3.8) is 0 Å². The Balaban J connectivity index is 3.13. The Morgan fingerprint density at radius 1 is 1.64 bits per heavy atom. The van der Waals surface area contributed by atoms with E-state index < -0.39 is 0 Å². The van der Waals surface area contributed by atoms with Crippen LogP contribution in [0.15, 0.2) is 12.3 Å². The summed E-state index contributed by atoms with van der Waals surface area (Å²) in [5.74, 6) is 0.875. The maximum absolute atomic E-state index is 5.93. The third kappa shape index (κ3) is 1.63. The quantitative estimate of drug-likeness (QED) is 0.737. The van der Waals surface area contributed by atoms with Crippen molar-refractivity contribution < 1.29 is 0 Å². The number of nitrogens with zero attached hydrogens (tertiary/aromatic N) is 1. The van der Waals surface area contributed by atoms with E-state index in [2.05, 4.69) is 17.2 Å². The van der Waals surface area contributed by atoms with Gasteiger partial charge in [0.25, 0.3) is 0 Å². The number of anilines is 1. The lowest BCUT2D eigenvalue weighted by atomic mass is 10.2. The fourth-order valence-electron chi connectivity index (χ4n) is 1.02. The van der Waals surface area contributed by atoms with Crippen LogP contribution in [0.5, 0.6) is 0 Å². The normalized spacial score (nSPS) is 9.73. The number of rotatable bonds is 2. The second-order valence-corrected chi connectivity index (χ2v) is 2.63. The van der Waals surface area contributed by atoms with Crippen LogP contribution in [0.25, 0.3) is 0 Å². The predicted octanol–water partition coefficient (Wildman–Crippen LogP) is 2.34. The zero-order valence-electron chi connectivity index (χ0n) is 6.69. The number of hydrogen-bond acceptors (Lipinski definition) is 2. The fourth-order valence-corrected chi connectivity index (χ4v) is 1.30. The summed E-state index contributed by atoms with van der Waals surface area (Å²) in [5, 5.41) is 3.78. The smallest absolute Gasteiger partial charge is 0.130 e. The van der Waals surface area contributed by atoms with Crippen molar-refractivity contribution in [1.29, 1.82) is 0 Å². The Labute approximate surface area is 71.6 Å². The molecule has 0 spiro atoms. The molecule has 0 unspecified atom stereocenters. The summed E-state index contributed by atoms with van der Waals surface area (Å²) in [6.07, 6.45) is 2.61. The van der Waals surface area contributed by atoms with Gasteiger partial charge in [0.05, 0.1) is 0 Å². The number of nitrogens with one attached hydrogen (secondary N) is 1. The van der Waals surface area contributed by atoms with E-state index in [1.807, 2.05) is 7.05 Å². The van der Waals surface area contributed by atoms with Crippen molar-refractivity contribution in [2.24, 2.45) is 0 Å². The first-order chi connectivity index (χ1) is 5.29. The van der Waals surface area contributed by atoms with Crippen molar-refractivity contribution in [3.05, 3.63) is 22.8 Å². The summed E-state index contributed by atoms with van der Waals surface area (Å²) in [6, 6.07) is 1.81. The lowest BCUT2D eigenvalue weighted by molar-refractivity contribution is 1.10. The summed E-state index contributed by atoms with van der Waals surface area (Å²) >= 11 is 5.93. The highest BCUT2D eigenvalue weighted by Gasteiger charge is 2.03. The van der Waals surface area contributed by atoms with E-state index in [0.29, 0.717) is 0 Å². The van der Waals surface area contributed by atoms with Gasteiger partial charge in [0, 0.05) is 23.8 Å². The number of halogens is 1. The van der Waals surface area contributed by atoms with Gasteiger partial charge in [-0.25, -0.2) is 4.98 Å². The molecule has 1 aromatic rings. The van der Waals surface area contributed by atoms with E-state index in [1.165, 1.54) is 0 Å². The third-order valence-electron chi connectivity index (χ3n) is 1.59. The average Bonchev–Trinajstić information content (AvgIpc) is 2.04. The molecule has 3 heteroatoms. The van der Waals surface area contributed by atoms with Gasteiger partial charge in [0.1, 0.15) is 5.82 Å². The van der Waals surface area contributed by atoms with Gasteiger partial charge >= 0.3 is 0 Å². The van der Waals surface area contributed by atoms with E-state index >= 15 is 0 Å². The monoisotopic (exact) mass is 170 g/mol. The van der Waals surface area contributed by atoms with Gasteiger partial charge < -0.3 is 5.32 Å².